The van der Waals surface area contributed by atoms with Crippen molar-refractivity contribution in [3.63, 3.8) is 0 Å². The third kappa shape index (κ3) is 3.94. The zero-order valence-corrected chi connectivity index (χ0v) is 18.0. The van der Waals surface area contributed by atoms with Gasteiger partial charge in [0.2, 0.25) is 0 Å². The molecule has 0 saturated heterocycles. The molecule has 0 unspecified atom stereocenters. The number of carbonyl (C=O) groups excluding carboxylic acids is 2. The summed E-state index contributed by atoms with van der Waals surface area (Å²) in [6.07, 6.45) is 1.43. The van der Waals surface area contributed by atoms with E-state index < -0.39 is 11.9 Å². The summed E-state index contributed by atoms with van der Waals surface area (Å²) < 4.78 is 10.2. The average Bonchev–Trinajstić information content (AvgIpc) is 2.55. The fourth-order valence-corrected chi connectivity index (χ4v) is 3.85. The number of hydrogen-bond acceptors (Lipinski definition) is 4. The van der Waals surface area contributed by atoms with Gasteiger partial charge in [0.1, 0.15) is 0 Å². The topological polar surface area (TPSA) is 52.6 Å². The van der Waals surface area contributed by atoms with Crippen molar-refractivity contribution < 1.29 is 19.1 Å². The number of methoxy groups -OCH3 is 2. The van der Waals surface area contributed by atoms with Crippen LogP contribution in [0.25, 0.3) is 0 Å². The van der Waals surface area contributed by atoms with Crippen molar-refractivity contribution in [3.05, 3.63) is 33.4 Å². The summed E-state index contributed by atoms with van der Waals surface area (Å²) >= 11 is 0. The summed E-state index contributed by atoms with van der Waals surface area (Å²) in [6.45, 7) is 16.7. The highest BCUT2D eigenvalue weighted by molar-refractivity contribution is 6.06. The third-order valence-corrected chi connectivity index (χ3v) is 4.70. The van der Waals surface area contributed by atoms with Crippen molar-refractivity contribution in [2.75, 3.05) is 14.2 Å². The molecule has 1 aromatic carbocycles. The van der Waals surface area contributed by atoms with E-state index in [1.165, 1.54) is 14.2 Å². The Morgan fingerprint density at radius 3 is 1.38 bits per heavy atom. The van der Waals surface area contributed by atoms with Crippen molar-refractivity contribution >= 4 is 11.9 Å². The lowest BCUT2D eigenvalue weighted by molar-refractivity contribution is 0.0551. The monoisotopic (exact) mass is 362 g/mol. The molecule has 4 heteroatoms. The normalized spacial score (nSPS) is 12.1. The maximum absolute atomic E-state index is 12.8. The van der Waals surface area contributed by atoms with Gasteiger partial charge in [-0.15, -0.1) is 0 Å². The first-order valence-corrected chi connectivity index (χ1v) is 9.25. The minimum atomic E-state index is -0.488. The molecule has 0 aliphatic carbocycles. The van der Waals surface area contributed by atoms with E-state index in [0.29, 0.717) is 17.5 Å². The molecule has 1 rings (SSSR count). The van der Waals surface area contributed by atoms with Gasteiger partial charge in [0.25, 0.3) is 0 Å². The van der Waals surface area contributed by atoms with E-state index in [4.69, 9.17) is 9.47 Å². The first kappa shape index (κ1) is 22.2. The molecule has 0 aliphatic heterocycles. The number of rotatable bonds is 4. The van der Waals surface area contributed by atoms with E-state index in [9.17, 15) is 9.59 Å². The van der Waals surface area contributed by atoms with Crippen molar-refractivity contribution in [2.24, 2.45) is 0 Å². The van der Waals surface area contributed by atoms with Gasteiger partial charge in [0.15, 0.2) is 0 Å². The van der Waals surface area contributed by atoms with Gasteiger partial charge >= 0.3 is 11.9 Å². The van der Waals surface area contributed by atoms with Crippen molar-refractivity contribution in [3.8, 4) is 0 Å². The first-order valence-electron chi connectivity index (χ1n) is 9.25. The molecule has 0 radical (unpaired) electrons. The summed E-state index contributed by atoms with van der Waals surface area (Å²) in [6, 6.07) is 0. The lowest BCUT2D eigenvalue weighted by Gasteiger charge is -2.36. The van der Waals surface area contributed by atoms with Gasteiger partial charge in [-0.05, 0) is 45.9 Å². The average molecular weight is 363 g/mol. The molecule has 0 amide bonds. The Labute approximate surface area is 158 Å². The molecule has 0 aliphatic rings. The van der Waals surface area contributed by atoms with Gasteiger partial charge in [-0.3, -0.25) is 0 Å². The number of benzene rings is 1. The minimum absolute atomic E-state index is 0.185. The van der Waals surface area contributed by atoms with Crippen molar-refractivity contribution in [1.82, 2.24) is 0 Å². The standard InChI is InChI=1S/C22H34O4/c1-11-13-14(12-2)17(21(3,4)5)18(22(6,7)8)16(20(24)26-10)15(13)19(23)25-9/h11-12H2,1-10H3. The zero-order valence-electron chi connectivity index (χ0n) is 18.0. The molecule has 26 heavy (non-hydrogen) atoms. The molecule has 0 spiro atoms. The number of carbonyl (C=O) groups is 2. The Kier molecular flexibility index (Phi) is 6.67. The van der Waals surface area contributed by atoms with Crippen LogP contribution >= 0.6 is 0 Å². The number of ether oxygens (including phenoxy) is 2. The van der Waals surface area contributed by atoms with Crippen LogP contribution in [0.4, 0.5) is 0 Å². The van der Waals surface area contributed by atoms with Gasteiger partial charge in [-0.1, -0.05) is 55.4 Å². The van der Waals surface area contributed by atoms with Gasteiger partial charge in [-0.25, -0.2) is 9.59 Å². The maximum Gasteiger partial charge on any atom is 0.339 e. The first-order chi connectivity index (χ1) is 11.9. The van der Waals surface area contributed by atoms with Crippen LogP contribution in [0, 0.1) is 0 Å². The Bertz CT molecular complexity index is 701. The van der Waals surface area contributed by atoms with Crippen LogP contribution in [0.3, 0.4) is 0 Å². The van der Waals surface area contributed by atoms with Crippen molar-refractivity contribution in [1.29, 1.82) is 0 Å². The van der Waals surface area contributed by atoms with E-state index in [-0.39, 0.29) is 10.8 Å². The highest BCUT2D eigenvalue weighted by Crippen LogP contribution is 2.43. The van der Waals surface area contributed by atoms with Crippen LogP contribution in [0.2, 0.25) is 0 Å². The molecule has 0 fully saturated rings. The molecule has 1 aromatic rings. The van der Waals surface area contributed by atoms with Gasteiger partial charge in [0.05, 0.1) is 25.3 Å². The smallest absolute Gasteiger partial charge is 0.339 e. The molecule has 4 nitrogen and oxygen atoms in total. The van der Waals surface area contributed by atoms with Gasteiger partial charge in [0, 0.05) is 0 Å². The van der Waals surface area contributed by atoms with Crippen LogP contribution in [-0.4, -0.2) is 26.2 Å². The van der Waals surface area contributed by atoms with Gasteiger partial charge < -0.3 is 9.47 Å². The van der Waals surface area contributed by atoms with Crippen LogP contribution in [0.5, 0.6) is 0 Å². The third-order valence-electron chi connectivity index (χ3n) is 4.70. The second kappa shape index (κ2) is 7.81. The Morgan fingerprint density at radius 2 is 1.08 bits per heavy atom. The predicted molar refractivity (Wildman–Crippen MR) is 105 cm³/mol. The van der Waals surface area contributed by atoms with Crippen LogP contribution in [0.15, 0.2) is 0 Å². The zero-order chi connectivity index (χ0) is 20.4. The van der Waals surface area contributed by atoms with Crippen LogP contribution in [-0.2, 0) is 33.1 Å². The highest BCUT2D eigenvalue weighted by atomic mass is 16.5. The van der Waals surface area contributed by atoms with E-state index in [1.54, 1.807) is 0 Å². The van der Waals surface area contributed by atoms with Gasteiger partial charge in [-0.2, -0.15) is 0 Å². The molecule has 0 atom stereocenters. The van der Waals surface area contributed by atoms with Crippen molar-refractivity contribution in [2.45, 2.75) is 79.1 Å². The fraction of sp³-hybridized carbons (Fsp3) is 0.636. The molecule has 0 bridgehead atoms. The summed E-state index contributed by atoms with van der Waals surface area (Å²) in [4.78, 5) is 25.6. The second-order valence-electron chi connectivity index (χ2n) is 8.65. The molecular weight excluding hydrogens is 328 g/mol. The quantitative estimate of drug-likeness (QED) is 0.709. The summed E-state index contributed by atoms with van der Waals surface area (Å²) in [5.74, 6) is -0.971. The van der Waals surface area contributed by atoms with E-state index >= 15 is 0 Å². The Morgan fingerprint density at radius 1 is 0.692 bits per heavy atom. The lowest BCUT2D eigenvalue weighted by atomic mass is 9.68. The van der Waals surface area contributed by atoms with E-state index in [2.05, 4.69) is 48.5 Å². The Balaban J connectivity index is 4.38. The molecule has 0 heterocycles. The number of hydrogen-bond donors (Lipinski definition) is 0. The molecule has 146 valence electrons. The maximum atomic E-state index is 12.8. The molecule has 0 saturated carbocycles. The second-order valence-corrected chi connectivity index (χ2v) is 8.65. The summed E-state index contributed by atoms with van der Waals surface area (Å²) in [5.41, 5.74) is 4.22. The van der Waals surface area contributed by atoms with Crippen LogP contribution < -0.4 is 0 Å². The SMILES string of the molecule is CCc1c(CC)c(C(C)(C)C)c(C(C)(C)C)c(C(=O)OC)c1C(=O)OC. The van der Waals surface area contributed by atoms with Crippen LogP contribution in [0.1, 0.15) is 98.4 Å². The van der Waals surface area contributed by atoms with E-state index in [0.717, 1.165) is 28.7 Å². The number of esters is 2. The van der Waals surface area contributed by atoms with E-state index in [1.807, 2.05) is 6.92 Å². The largest absolute Gasteiger partial charge is 0.465 e. The molecule has 0 aromatic heterocycles. The fourth-order valence-electron chi connectivity index (χ4n) is 3.85. The Hall–Kier alpha value is -1.84. The minimum Gasteiger partial charge on any atom is -0.465 e. The highest BCUT2D eigenvalue weighted by Gasteiger charge is 2.38. The summed E-state index contributed by atoms with van der Waals surface area (Å²) in [7, 11) is 2.70. The summed E-state index contributed by atoms with van der Waals surface area (Å²) in [5, 5.41) is 0. The molecular formula is C22H34O4. The lowest BCUT2D eigenvalue weighted by Crippen LogP contribution is -2.31. The predicted octanol–water partition coefficient (Wildman–Crippen LogP) is 4.98. The molecule has 0 N–H and O–H groups in total.